The third kappa shape index (κ3) is 4.41. The maximum atomic E-state index is 14.0. The summed E-state index contributed by atoms with van der Waals surface area (Å²) in [6.07, 6.45) is -0.119. The predicted molar refractivity (Wildman–Crippen MR) is 84.0 cm³/mol. The van der Waals surface area contributed by atoms with Crippen LogP contribution in [0.2, 0.25) is 0 Å². The largest absolute Gasteiger partial charge is 0.478 e. The number of carboxylic acid groups (broad SMARTS) is 1. The van der Waals surface area contributed by atoms with Crippen molar-refractivity contribution in [1.29, 1.82) is 0 Å². The van der Waals surface area contributed by atoms with E-state index >= 15 is 0 Å². The monoisotopic (exact) mass is 385 g/mol. The van der Waals surface area contributed by atoms with Gasteiger partial charge in [0.2, 0.25) is 10.0 Å². The molecule has 0 radical (unpaired) electrons. The molecule has 1 atom stereocenters. The second kappa shape index (κ2) is 7.43. The smallest absolute Gasteiger partial charge is 0.338 e. The molecule has 0 aliphatic rings. The lowest BCUT2D eigenvalue weighted by Crippen LogP contribution is -2.36. The molecule has 11 heteroatoms. The van der Waals surface area contributed by atoms with Crippen molar-refractivity contribution in [2.45, 2.75) is 31.3 Å². The van der Waals surface area contributed by atoms with Crippen LogP contribution in [0.15, 0.2) is 12.1 Å². The average molecular weight is 385 g/mol. The molecule has 0 fully saturated rings. The summed E-state index contributed by atoms with van der Waals surface area (Å²) >= 11 is 0. The molecule has 0 heterocycles. The van der Waals surface area contributed by atoms with Gasteiger partial charge >= 0.3 is 5.97 Å². The van der Waals surface area contributed by atoms with Crippen molar-refractivity contribution in [2.75, 3.05) is 10.5 Å². The fraction of sp³-hybridized carbons (Fsp3) is 0.462. The Morgan fingerprint density at radius 2 is 1.79 bits per heavy atom. The summed E-state index contributed by atoms with van der Waals surface area (Å²) in [6.45, 7) is 2.87. The zero-order valence-corrected chi connectivity index (χ0v) is 14.5. The molecule has 1 rings (SSSR count). The fourth-order valence-electron chi connectivity index (χ4n) is 2.12. The maximum absolute atomic E-state index is 14.0. The predicted octanol–water partition coefficient (Wildman–Crippen LogP) is 1.97. The number of halogens is 2. The molecule has 136 valence electrons. The summed E-state index contributed by atoms with van der Waals surface area (Å²) in [6, 6.07) is 0.832. The van der Waals surface area contributed by atoms with Crippen molar-refractivity contribution in [3.05, 3.63) is 29.3 Å². The van der Waals surface area contributed by atoms with Crippen molar-refractivity contribution < 1.29 is 35.5 Å². The lowest BCUT2D eigenvalue weighted by Gasteiger charge is -2.18. The average Bonchev–Trinajstić information content (AvgIpc) is 2.41. The van der Waals surface area contributed by atoms with E-state index in [1.54, 1.807) is 11.6 Å². The van der Waals surface area contributed by atoms with Crippen LogP contribution >= 0.6 is 0 Å². The summed E-state index contributed by atoms with van der Waals surface area (Å²) < 4.78 is 75.8. The molecule has 0 bridgehead atoms. The summed E-state index contributed by atoms with van der Waals surface area (Å²) in [5.74, 6) is -4.87. The third-order valence-corrected chi connectivity index (χ3v) is 8.37. The van der Waals surface area contributed by atoms with Gasteiger partial charge in [-0.1, -0.05) is 13.8 Å². The van der Waals surface area contributed by atoms with E-state index in [0.29, 0.717) is 12.1 Å². The van der Waals surface area contributed by atoms with Gasteiger partial charge in [-0.05, 0) is 18.9 Å². The highest BCUT2D eigenvalue weighted by Gasteiger charge is 2.36. The molecular formula is C13H17F2NO6S2. The number of benzene rings is 1. The molecule has 1 aromatic rings. The summed E-state index contributed by atoms with van der Waals surface area (Å²) in [5.41, 5.74) is -2.03. The van der Waals surface area contributed by atoms with E-state index in [9.17, 15) is 30.4 Å². The molecule has 0 aliphatic carbocycles. The van der Waals surface area contributed by atoms with Crippen LogP contribution in [-0.2, 0) is 19.9 Å². The SMILES string of the molecule is CCCS(=O)(=O)C(CC)S(=O)(=O)Nc1cc(F)cc(C(=O)O)c1F. The van der Waals surface area contributed by atoms with E-state index in [-0.39, 0.29) is 12.8 Å². The van der Waals surface area contributed by atoms with Gasteiger partial charge in [0.1, 0.15) is 11.4 Å². The van der Waals surface area contributed by atoms with E-state index in [4.69, 9.17) is 5.11 Å². The minimum absolute atomic E-state index is 0.186. The molecule has 0 aliphatic heterocycles. The van der Waals surface area contributed by atoms with E-state index in [2.05, 4.69) is 0 Å². The van der Waals surface area contributed by atoms with Crippen LogP contribution in [-0.4, -0.2) is 38.2 Å². The Balaban J connectivity index is 3.36. The molecule has 0 saturated heterocycles. The van der Waals surface area contributed by atoms with Crippen molar-refractivity contribution in [3.63, 3.8) is 0 Å². The number of hydrogen-bond acceptors (Lipinski definition) is 5. The van der Waals surface area contributed by atoms with Crippen LogP contribution < -0.4 is 4.72 Å². The highest BCUT2D eigenvalue weighted by Crippen LogP contribution is 2.25. The van der Waals surface area contributed by atoms with Crippen LogP contribution in [0, 0.1) is 11.6 Å². The van der Waals surface area contributed by atoms with Crippen LogP contribution in [0.1, 0.15) is 37.0 Å². The molecule has 0 amide bonds. The molecule has 0 spiro atoms. The topological polar surface area (TPSA) is 118 Å². The van der Waals surface area contributed by atoms with E-state index in [1.165, 1.54) is 6.92 Å². The number of hydrogen-bond donors (Lipinski definition) is 2. The summed E-state index contributed by atoms with van der Waals surface area (Å²) in [4.78, 5) is 10.8. The van der Waals surface area contributed by atoms with Crippen LogP contribution in [0.5, 0.6) is 0 Å². The first-order valence-electron chi connectivity index (χ1n) is 6.91. The van der Waals surface area contributed by atoms with Gasteiger partial charge < -0.3 is 5.11 Å². The maximum Gasteiger partial charge on any atom is 0.338 e. The van der Waals surface area contributed by atoms with Gasteiger partial charge in [0.15, 0.2) is 20.2 Å². The number of rotatable bonds is 8. The Morgan fingerprint density at radius 3 is 2.25 bits per heavy atom. The lowest BCUT2D eigenvalue weighted by molar-refractivity contribution is 0.0691. The van der Waals surface area contributed by atoms with E-state index in [1.807, 2.05) is 0 Å². The minimum atomic E-state index is -4.62. The third-order valence-electron chi connectivity index (χ3n) is 3.09. The number of nitrogens with one attached hydrogen (secondary N) is 1. The van der Waals surface area contributed by atoms with Gasteiger partial charge in [-0.25, -0.2) is 30.4 Å². The first-order valence-corrected chi connectivity index (χ1v) is 10.2. The standard InChI is InChI=1S/C13H17F2NO6S2/c1-3-5-23(19,20)11(4-2)24(21,22)16-10-7-8(14)6-9(12(10)15)13(17)18/h6-7,11,16H,3-5H2,1-2H3,(H,17,18). The van der Waals surface area contributed by atoms with Crippen molar-refractivity contribution in [3.8, 4) is 0 Å². The van der Waals surface area contributed by atoms with Crippen molar-refractivity contribution in [1.82, 2.24) is 0 Å². The van der Waals surface area contributed by atoms with Crippen molar-refractivity contribution in [2.24, 2.45) is 0 Å². The fourth-order valence-corrected chi connectivity index (χ4v) is 6.46. The molecule has 1 aromatic carbocycles. The number of carbonyl (C=O) groups is 1. The summed E-state index contributed by atoms with van der Waals surface area (Å²) in [7, 11) is -8.66. The van der Waals surface area contributed by atoms with Crippen LogP contribution in [0.4, 0.5) is 14.5 Å². The Morgan fingerprint density at radius 1 is 1.21 bits per heavy atom. The molecule has 2 N–H and O–H groups in total. The number of anilines is 1. The first-order chi connectivity index (χ1) is 11.0. The van der Waals surface area contributed by atoms with E-state index in [0.717, 1.165) is 0 Å². The van der Waals surface area contributed by atoms with Gasteiger partial charge in [-0.2, -0.15) is 0 Å². The number of sulfone groups is 1. The highest BCUT2D eigenvalue weighted by atomic mass is 32.3. The van der Waals surface area contributed by atoms with E-state index < -0.39 is 59.0 Å². The number of sulfonamides is 1. The lowest BCUT2D eigenvalue weighted by atomic mass is 10.2. The van der Waals surface area contributed by atoms with Gasteiger partial charge in [0.05, 0.1) is 11.4 Å². The second-order valence-electron chi connectivity index (χ2n) is 4.97. The molecule has 0 aromatic heterocycles. The van der Waals surface area contributed by atoms with Crippen LogP contribution in [0.3, 0.4) is 0 Å². The Labute approximate surface area is 138 Å². The number of aromatic carboxylic acids is 1. The highest BCUT2D eigenvalue weighted by molar-refractivity contribution is 8.09. The van der Waals surface area contributed by atoms with Crippen molar-refractivity contribution >= 4 is 31.5 Å². The first kappa shape index (κ1) is 20.3. The molecule has 1 unspecified atom stereocenters. The Hall–Kier alpha value is -1.75. The summed E-state index contributed by atoms with van der Waals surface area (Å²) in [5, 5.41) is 8.79. The Bertz CT molecular complexity index is 836. The molecule has 7 nitrogen and oxygen atoms in total. The zero-order valence-electron chi connectivity index (χ0n) is 12.9. The van der Waals surface area contributed by atoms with Gasteiger partial charge in [0.25, 0.3) is 0 Å². The van der Waals surface area contributed by atoms with Gasteiger partial charge in [-0.3, -0.25) is 4.72 Å². The Kier molecular flexibility index (Phi) is 6.28. The second-order valence-corrected chi connectivity index (χ2v) is 9.44. The normalized spacial score (nSPS) is 13.5. The number of carboxylic acids is 1. The molecular weight excluding hydrogens is 368 g/mol. The molecule has 24 heavy (non-hydrogen) atoms. The van der Waals surface area contributed by atoms with Crippen LogP contribution in [0.25, 0.3) is 0 Å². The zero-order chi connectivity index (χ0) is 18.7. The van der Waals surface area contributed by atoms with Gasteiger partial charge in [0, 0.05) is 6.07 Å². The molecule has 0 saturated carbocycles. The minimum Gasteiger partial charge on any atom is -0.478 e. The quantitative estimate of drug-likeness (QED) is 0.706. The van der Waals surface area contributed by atoms with Gasteiger partial charge in [-0.15, -0.1) is 0 Å².